The summed E-state index contributed by atoms with van der Waals surface area (Å²) in [5.41, 5.74) is 5.62. The van der Waals surface area contributed by atoms with E-state index in [4.69, 9.17) is 10.2 Å². The zero-order valence-electron chi connectivity index (χ0n) is 17.9. The summed E-state index contributed by atoms with van der Waals surface area (Å²) in [7, 11) is 0. The molecule has 1 aromatic heterocycles. The van der Waals surface area contributed by atoms with Gasteiger partial charge in [0.05, 0.1) is 6.54 Å². The largest absolute Gasteiger partial charge is 0.311 e. The fourth-order valence-electron chi connectivity index (χ4n) is 3.49. The molecule has 0 aliphatic carbocycles. The van der Waals surface area contributed by atoms with Crippen LogP contribution in [0.15, 0.2) is 54.6 Å². The van der Waals surface area contributed by atoms with Crippen molar-refractivity contribution >= 4 is 0 Å². The van der Waals surface area contributed by atoms with Crippen LogP contribution in [0, 0.1) is 6.92 Å². The Morgan fingerprint density at radius 1 is 0.828 bits per heavy atom. The number of benzene rings is 2. The van der Waals surface area contributed by atoms with Crippen LogP contribution in [0.2, 0.25) is 0 Å². The zero-order valence-corrected chi connectivity index (χ0v) is 17.9. The standard InChI is InChI=1S/C25H34N4/c1-3-4-5-6-7-11-18-26-19-24-25(23-12-9-8-10-13-23)28-29(27-24)20-22-16-14-21(2)15-17-22/h8-10,12-17,26H,3-7,11,18-20H2,1-2H3. The first-order chi connectivity index (χ1) is 14.3. The molecule has 4 nitrogen and oxygen atoms in total. The lowest BCUT2D eigenvalue weighted by Gasteiger charge is -2.04. The molecule has 1 N–H and O–H groups in total. The molecule has 4 heteroatoms. The number of hydrogen-bond donors (Lipinski definition) is 1. The number of hydrogen-bond acceptors (Lipinski definition) is 3. The predicted molar refractivity (Wildman–Crippen MR) is 121 cm³/mol. The van der Waals surface area contributed by atoms with E-state index >= 15 is 0 Å². The van der Waals surface area contributed by atoms with Crippen molar-refractivity contribution in [1.82, 2.24) is 20.3 Å². The number of aromatic nitrogens is 3. The van der Waals surface area contributed by atoms with E-state index in [1.165, 1.54) is 49.7 Å². The zero-order chi connectivity index (χ0) is 20.3. The van der Waals surface area contributed by atoms with E-state index in [1.54, 1.807) is 0 Å². The quantitative estimate of drug-likeness (QED) is 0.400. The van der Waals surface area contributed by atoms with E-state index in [2.05, 4.69) is 67.7 Å². The van der Waals surface area contributed by atoms with Crippen molar-refractivity contribution in [3.63, 3.8) is 0 Å². The topological polar surface area (TPSA) is 42.7 Å². The lowest BCUT2D eigenvalue weighted by molar-refractivity contribution is 0.556. The SMILES string of the molecule is CCCCCCCCNCc1nn(Cc2ccc(C)cc2)nc1-c1ccccc1. The molecule has 0 unspecified atom stereocenters. The summed E-state index contributed by atoms with van der Waals surface area (Å²) in [6.07, 6.45) is 7.90. The monoisotopic (exact) mass is 390 g/mol. The van der Waals surface area contributed by atoms with Crippen molar-refractivity contribution in [3.8, 4) is 11.3 Å². The van der Waals surface area contributed by atoms with Crippen LogP contribution >= 0.6 is 0 Å². The first kappa shape index (κ1) is 21.3. The van der Waals surface area contributed by atoms with Crippen molar-refractivity contribution in [2.75, 3.05) is 6.54 Å². The first-order valence-corrected chi connectivity index (χ1v) is 11.0. The Labute approximate surface area is 175 Å². The predicted octanol–water partition coefficient (Wildman–Crippen LogP) is 5.75. The van der Waals surface area contributed by atoms with E-state index in [0.717, 1.165) is 30.0 Å². The maximum absolute atomic E-state index is 4.81. The lowest BCUT2D eigenvalue weighted by atomic mass is 10.1. The number of nitrogens with zero attached hydrogens (tertiary/aromatic N) is 3. The van der Waals surface area contributed by atoms with Crippen molar-refractivity contribution in [1.29, 1.82) is 0 Å². The average molecular weight is 391 g/mol. The summed E-state index contributed by atoms with van der Waals surface area (Å²) in [6, 6.07) is 18.9. The molecule has 3 rings (SSSR count). The minimum atomic E-state index is 0.692. The Morgan fingerprint density at radius 3 is 2.31 bits per heavy atom. The van der Waals surface area contributed by atoms with Gasteiger partial charge in [0.15, 0.2) is 0 Å². The van der Waals surface area contributed by atoms with Crippen LogP contribution in [0.25, 0.3) is 11.3 Å². The molecule has 0 atom stereocenters. The highest BCUT2D eigenvalue weighted by Gasteiger charge is 2.13. The molecule has 3 aromatic rings. The molecule has 0 saturated carbocycles. The third-order valence-electron chi connectivity index (χ3n) is 5.22. The van der Waals surface area contributed by atoms with E-state index in [9.17, 15) is 0 Å². The Kier molecular flexibility index (Phi) is 8.44. The molecule has 0 amide bonds. The van der Waals surface area contributed by atoms with Gasteiger partial charge < -0.3 is 5.32 Å². The molecule has 0 bridgehead atoms. The Bertz CT molecular complexity index is 837. The maximum Gasteiger partial charge on any atom is 0.117 e. The summed E-state index contributed by atoms with van der Waals surface area (Å²) in [6.45, 7) is 6.85. The summed E-state index contributed by atoms with van der Waals surface area (Å²) < 4.78 is 0. The minimum Gasteiger partial charge on any atom is -0.311 e. The molecule has 0 fully saturated rings. The molecule has 0 saturated heterocycles. The van der Waals surface area contributed by atoms with Gasteiger partial charge in [-0.25, -0.2) is 0 Å². The highest BCUT2D eigenvalue weighted by molar-refractivity contribution is 5.60. The van der Waals surface area contributed by atoms with Crippen molar-refractivity contribution in [3.05, 3.63) is 71.4 Å². The number of nitrogens with one attached hydrogen (secondary N) is 1. The van der Waals surface area contributed by atoms with Gasteiger partial charge in [-0.1, -0.05) is 99.2 Å². The molecular formula is C25H34N4. The van der Waals surface area contributed by atoms with Gasteiger partial charge in [0.25, 0.3) is 0 Å². The molecule has 154 valence electrons. The number of aryl methyl sites for hydroxylation is 1. The van der Waals surface area contributed by atoms with Crippen LogP contribution < -0.4 is 5.32 Å². The smallest absolute Gasteiger partial charge is 0.117 e. The van der Waals surface area contributed by atoms with Gasteiger partial charge in [-0.3, -0.25) is 0 Å². The second kappa shape index (κ2) is 11.5. The lowest BCUT2D eigenvalue weighted by Crippen LogP contribution is -2.16. The van der Waals surface area contributed by atoms with E-state index in [-0.39, 0.29) is 0 Å². The molecule has 29 heavy (non-hydrogen) atoms. The Balaban J connectivity index is 1.61. The van der Waals surface area contributed by atoms with Gasteiger partial charge in [-0.2, -0.15) is 15.0 Å². The van der Waals surface area contributed by atoms with Crippen molar-refractivity contribution < 1.29 is 0 Å². The third kappa shape index (κ3) is 6.82. The minimum absolute atomic E-state index is 0.692. The summed E-state index contributed by atoms with van der Waals surface area (Å²) >= 11 is 0. The van der Waals surface area contributed by atoms with Crippen molar-refractivity contribution in [2.24, 2.45) is 0 Å². The van der Waals surface area contributed by atoms with Gasteiger partial charge in [-0.15, -0.1) is 0 Å². The van der Waals surface area contributed by atoms with Crippen LogP contribution in [0.4, 0.5) is 0 Å². The third-order valence-corrected chi connectivity index (χ3v) is 5.22. The van der Waals surface area contributed by atoms with Gasteiger partial charge >= 0.3 is 0 Å². The van der Waals surface area contributed by atoms with Gasteiger partial charge in [0.2, 0.25) is 0 Å². The fourth-order valence-corrected chi connectivity index (χ4v) is 3.49. The first-order valence-electron chi connectivity index (χ1n) is 11.0. The van der Waals surface area contributed by atoms with Crippen LogP contribution in [-0.2, 0) is 13.1 Å². The van der Waals surface area contributed by atoms with Crippen molar-refractivity contribution in [2.45, 2.75) is 65.5 Å². The van der Waals surface area contributed by atoms with E-state index in [0.29, 0.717) is 6.54 Å². The Hall–Kier alpha value is -2.46. The molecule has 1 heterocycles. The molecular weight excluding hydrogens is 356 g/mol. The van der Waals surface area contributed by atoms with E-state index < -0.39 is 0 Å². The second-order valence-corrected chi connectivity index (χ2v) is 7.82. The highest BCUT2D eigenvalue weighted by Crippen LogP contribution is 2.20. The van der Waals surface area contributed by atoms with Crippen LogP contribution in [0.5, 0.6) is 0 Å². The van der Waals surface area contributed by atoms with E-state index in [1.807, 2.05) is 10.9 Å². The Morgan fingerprint density at radius 2 is 1.55 bits per heavy atom. The summed E-state index contributed by atoms with van der Waals surface area (Å²) in [5.74, 6) is 0. The van der Waals surface area contributed by atoms with Gasteiger partial charge in [-0.05, 0) is 25.5 Å². The number of unbranched alkanes of at least 4 members (excludes halogenated alkanes) is 5. The highest BCUT2D eigenvalue weighted by atomic mass is 15.5. The second-order valence-electron chi connectivity index (χ2n) is 7.82. The molecule has 0 aliphatic heterocycles. The van der Waals surface area contributed by atoms with Gasteiger partial charge in [0, 0.05) is 12.1 Å². The van der Waals surface area contributed by atoms with Crippen LogP contribution in [0.3, 0.4) is 0 Å². The van der Waals surface area contributed by atoms with Crippen LogP contribution in [-0.4, -0.2) is 21.5 Å². The molecule has 2 aromatic carbocycles. The molecule has 0 spiro atoms. The van der Waals surface area contributed by atoms with Crippen LogP contribution in [0.1, 0.15) is 62.3 Å². The summed E-state index contributed by atoms with van der Waals surface area (Å²) in [4.78, 5) is 1.83. The fraction of sp³-hybridized carbons (Fsp3) is 0.440. The summed E-state index contributed by atoms with van der Waals surface area (Å²) in [5, 5.41) is 13.2. The average Bonchev–Trinajstić information content (AvgIpc) is 3.15. The molecule has 0 radical (unpaired) electrons. The molecule has 0 aliphatic rings. The number of rotatable bonds is 12. The van der Waals surface area contributed by atoms with Gasteiger partial charge in [0.1, 0.15) is 11.4 Å². The normalized spacial score (nSPS) is 11.1. The maximum atomic E-state index is 4.81.